The predicted octanol–water partition coefficient (Wildman–Crippen LogP) is 1.73. The van der Waals surface area contributed by atoms with E-state index in [4.69, 9.17) is 4.74 Å². The average Bonchev–Trinajstić information content (AvgIpc) is 1.99. The molecule has 4 nitrogen and oxygen atoms in total. The highest BCUT2D eigenvalue weighted by Crippen LogP contribution is 2.07. The van der Waals surface area contributed by atoms with Gasteiger partial charge in [0.2, 0.25) is 0 Å². The van der Waals surface area contributed by atoms with Crippen LogP contribution in [0.15, 0.2) is 0 Å². The summed E-state index contributed by atoms with van der Waals surface area (Å²) in [4.78, 5) is 21.7. The van der Waals surface area contributed by atoms with Crippen LogP contribution in [0.25, 0.3) is 0 Å². The molecule has 4 heteroatoms. The lowest BCUT2D eigenvalue weighted by atomic mass is 10.1. The molecule has 0 aliphatic heterocycles. The third-order valence-corrected chi connectivity index (χ3v) is 1.75. The topological polar surface area (TPSA) is 55.4 Å². The zero-order valence-corrected chi connectivity index (χ0v) is 9.46. The summed E-state index contributed by atoms with van der Waals surface area (Å²) >= 11 is 0. The number of rotatable bonds is 3. The molecule has 0 saturated heterocycles. The van der Waals surface area contributed by atoms with Crippen LogP contribution < -0.4 is 5.32 Å². The molecule has 14 heavy (non-hydrogen) atoms. The minimum Gasteiger partial charge on any atom is -0.444 e. The molecule has 0 fully saturated rings. The minimum absolute atomic E-state index is 0.206. The van der Waals surface area contributed by atoms with Crippen molar-refractivity contribution in [3.05, 3.63) is 0 Å². The first-order valence-electron chi connectivity index (χ1n) is 4.71. The fraction of sp³-hybridized carbons (Fsp3) is 0.800. The molecule has 0 radical (unpaired) electrons. The van der Waals surface area contributed by atoms with Crippen molar-refractivity contribution in [2.45, 2.75) is 46.3 Å². The summed E-state index contributed by atoms with van der Waals surface area (Å²) in [5, 5.41) is 2.59. The van der Waals surface area contributed by atoms with Crippen LogP contribution in [-0.2, 0) is 9.53 Å². The first-order chi connectivity index (χ1) is 6.26. The quantitative estimate of drug-likeness (QED) is 0.707. The SMILES string of the molecule is C[C@@H](C=O)[C@@H](C)NC(=O)OC(C)(C)C. The molecule has 0 heterocycles. The number of aldehydes is 1. The number of amides is 1. The monoisotopic (exact) mass is 201 g/mol. The Morgan fingerprint density at radius 1 is 1.36 bits per heavy atom. The molecule has 0 aromatic heterocycles. The molecule has 0 rings (SSSR count). The van der Waals surface area contributed by atoms with Crippen molar-refractivity contribution >= 4 is 12.4 Å². The fourth-order valence-electron chi connectivity index (χ4n) is 0.743. The molecular formula is C10H19NO3. The van der Waals surface area contributed by atoms with Crippen LogP contribution >= 0.6 is 0 Å². The molecule has 0 bridgehead atoms. The van der Waals surface area contributed by atoms with Crippen molar-refractivity contribution in [3.63, 3.8) is 0 Å². The van der Waals surface area contributed by atoms with Crippen LogP contribution in [0.2, 0.25) is 0 Å². The summed E-state index contributed by atoms with van der Waals surface area (Å²) in [5.74, 6) is -0.206. The third-order valence-electron chi connectivity index (χ3n) is 1.75. The Balaban J connectivity index is 4.01. The van der Waals surface area contributed by atoms with Crippen molar-refractivity contribution in [2.24, 2.45) is 5.92 Å². The van der Waals surface area contributed by atoms with Crippen LogP contribution in [-0.4, -0.2) is 24.0 Å². The van der Waals surface area contributed by atoms with E-state index >= 15 is 0 Å². The summed E-state index contributed by atoms with van der Waals surface area (Å²) in [5.41, 5.74) is -0.506. The first-order valence-corrected chi connectivity index (χ1v) is 4.71. The maximum Gasteiger partial charge on any atom is 0.407 e. The van der Waals surface area contributed by atoms with Gasteiger partial charge in [0.05, 0.1) is 0 Å². The molecule has 0 aromatic rings. The Bertz CT molecular complexity index is 208. The molecule has 0 aliphatic carbocycles. The van der Waals surface area contributed by atoms with Crippen molar-refractivity contribution in [1.82, 2.24) is 5.32 Å². The highest BCUT2D eigenvalue weighted by atomic mass is 16.6. The summed E-state index contributed by atoms with van der Waals surface area (Å²) in [6, 6.07) is -0.206. The molecular weight excluding hydrogens is 182 g/mol. The van der Waals surface area contributed by atoms with Gasteiger partial charge in [0.25, 0.3) is 0 Å². The van der Waals surface area contributed by atoms with E-state index in [0.717, 1.165) is 6.29 Å². The fourth-order valence-corrected chi connectivity index (χ4v) is 0.743. The number of nitrogens with one attached hydrogen (secondary N) is 1. The molecule has 0 unspecified atom stereocenters. The van der Waals surface area contributed by atoms with E-state index in [9.17, 15) is 9.59 Å². The summed E-state index contributed by atoms with van der Waals surface area (Å²) in [7, 11) is 0. The van der Waals surface area contributed by atoms with Gasteiger partial charge in [-0.05, 0) is 27.7 Å². The number of carbonyl (C=O) groups excluding carboxylic acids is 2. The number of hydrogen-bond donors (Lipinski definition) is 1. The van der Waals surface area contributed by atoms with Crippen molar-refractivity contribution < 1.29 is 14.3 Å². The number of alkyl carbamates (subject to hydrolysis) is 1. The van der Waals surface area contributed by atoms with Gasteiger partial charge in [0, 0.05) is 12.0 Å². The zero-order chi connectivity index (χ0) is 11.4. The Morgan fingerprint density at radius 2 is 1.86 bits per heavy atom. The van der Waals surface area contributed by atoms with Crippen LogP contribution in [0.3, 0.4) is 0 Å². The maximum absolute atomic E-state index is 11.2. The van der Waals surface area contributed by atoms with Crippen LogP contribution in [0.4, 0.5) is 4.79 Å². The Labute approximate surface area is 85.0 Å². The lowest BCUT2D eigenvalue weighted by molar-refractivity contribution is -0.111. The highest BCUT2D eigenvalue weighted by Gasteiger charge is 2.19. The maximum atomic E-state index is 11.2. The van der Waals surface area contributed by atoms with Crippen LogP contribution in [0.1, 0.15) is 34.6 Å². The molecule has 82 valence electrons. The van der Waals surface area contributed by atoms with Gasteiger partial charge in [-0.15, -0.1) is 0 Å². The van der Waals surface area contributed by atoms with Gasteiger partial charge >= 0.3 is 6.09 Å². The van der Waals surface area contributed by atoms with Gasteiger partial charge in [-0.2, -0.15) is 0 Å². The largest absolute Gasteiger partial charge is 0.444 e. The Hall–Kier alpha value is -1.06. The second-order valence-electron chi connectivity index (χ2n) is 4.43. The molecule has 1 N–H and O–H groups in total. The molecule has 0 aliphatic rings. The standard InChI is InChI=1S/C10H19NO3/c1-7(6-12)8(2)11-9(13)14-10(3,4)5/h6-8H,1-5H3,(H,11,13)/t7-,8+/m0/s1. The van der Waals surface area contributed by atoms with Gasteiger partial charge in [-0.1, -0.05) is 6.92 Å². The van der Waals surface area contributed by atoms with Gasteiger partial charge in [0.15, 0.2) is 0 Å². The molecule has 2 atom stereocenters. The van der Waals surface area contributed by atoms with Crippen molar-refractivity contribution in [3.8, 4) is 0 Å². The highest BCUT2D eigenvalue weighted by molar-refractivity contribution is 5.69. The Morgan fingerprint density at radius 3 is 2.21 bits per heavy atom. The van der Waals surface area contributed by atoms with Gasteiger partial charge in [-0.25, -0.2) is 4.79 Å². The van der Waals surface area contributed by atoms with Crippen molar-refractivity contribution in [2.75, 3.05) is 0 Å². The summed E-state index contributed by atoms with van der Waals surface area (Å²) < 4.78 is 5.04. The van der Waals surface area contributed by atoms with E-state index in [1.165, 1.54) is 0 Å². The normalized spacial score (nSPS) is 15.5. The first kappa shape index (κ1) is 12.9. The van der Waals surface area contributed by atoms with E-state index in [2.05, 4.69) is 5.32 Å². The van der Waals surface area contributed by atoms with Crippen molar-refractivity contribution in [1.29, 1.82) is 0 Å². The lowest BCUT2D eigenvalue weighted by Gasteiger charge is -2.22. The van der Waals surface area contributed by atoms with E-state index in [1.54, 1.807) is 34.6 Å². The minimum atomic E-state index is -0.506. The summed E-state index contributed by atoms with van der Waals surface area (Å²) in [6.45, 7) is 8.89. The van der Waals surface area contributed by atoms with E-state index in [1.807, 2.05) is 0 Å². The number of ether oxygens (including phenoxy) is 1. The van der Waals surface area contributed by atoms with E-state index in [0.29, 0.717) is 0 Å². The lowest BCUT2D eigenvalue weighted by Crippen LogP contribution is -2.41. The average molecular weight is 201 g/mol. The van der Waals surface area contributed by atoms with Crippen LogP contribution in [0.5, 0.6) is 0 Å². The smallest absolute Gasteiger partial charge is 0.407 e. The third kappa shape index (κ3) is 5.56. The number of carbonyl (C=O) groups is 2. The second kappa shape index (κ2) is 4.98. The zero-order valence-electron chi connectivity index (χ0n) is 9.46. The van der Waals surface area contributed by atoms with Gasteiger partial charge in [0.1, 0.15) is 11.9 Å². The second-order valence-corrected chi connectivity index (χ2v) is 4.43. The Kier molecular flexibility index (Phi) is 4.60. The molecule has 0 aromatic carbocycles. The van der Waals surface area contributed by atoms with E-state index in [-0.39, 0.29) is 12.0 Å². The summed E-state index contributed by atoms with van der Waals surface area (Å²) in [6.07, 6.45) is 0.320. The van der Waals surface area contributed by atoms with Crippen LogP contribution in [0, 0.1) is 5.92 Å². The predicted molar refractivity (Wildman–Crippen MR) is 54.1 cm³/mol. The van der Waals surface area contributed by atoms with Gasteiger partial charge < -0.3 is 14.8 Å². The molecule has 0 saturated carbocycles. The number of hydrogen-bond acceptors (Lipinski definition) is 3. The van der Waals surface area contributed by atoms with E-state index < -0.39 is 11.7 Å². The molecule has 0 spiro atoms. The molecule has 1 amide bonds. The van der Waals surface area contributed by atoms with Gasteiger partial charge in [-0.3, -0.25) is 0 Å².